The number of rotatable bonds is 4. The lowest BCUT2D eigenvalue weighted by Crippen LogP contribution is -2.44. The first kappa shape index (κ1) is 17.5. The van der Waals surface area contributed by atoms with Gasteiger partial charge in [0, 0.05) is 35.3 Å². The van der Waals surface area contributed by atoms with Crippen molar-refractivity contribution in [3.05, 3.63) is 28.2 Å². The first-order valence-corrected chi connectivity index (χ1v) is 8.88. The number of hydrogen-bond acceptors (Lipinski definition) is 3. The normalized spacial score (nSPS) is 25.1. The van der Waals surface area contributed by atoms with Crippen molar-refractivity contribution in [2.75, 3.05) is 18.1 Å². The number of nitrogens with zero attached hydrogens (tertiary/aromatic N) is 1. The topological polar surface area (TPSA) is 58.6 Å². The standard InChI is InChI=1S/C17H20Cl2N2O3/c1-10(15-3-2-4-24-15)20-17(23)11-5-16(22)21(9-11)14-7-12(18)6-13(19)8-14/h6-8,10-11,15H,2-5,9H2,1H3,(H,20,23)/t10-,11-,15-/m0/s1. The molecule has 130 valence electrons. The maximum atomic E-state index is 12.5. The molecular formula is C17H20Cl2N2O3. The summed E-state index contributed by atoms with van der Waals surface area (Å²) in [6.45, 7) is 3.02. The number of halogens is 2. The second-order valence-corrected chi connectivity index (χ2v) is 7.25. The fourth-order valence-electron chi connectivity index (χ4n) is 3.26. The lowest BCUT2D eigenvalue weighted by atomic mass is 10.1. The van der Waals surface area contributed by atoms with Gasteiger partial charge < -0.3 is 15.0 Å². The van der Waals surface area contributed by atoms with Crippen LogP contribution in [0.4, 0.5) is 5.69 Å². The van der Waals surface area contributed by atoms with Crippen LogP contribution in [-0.2, 0) is 14.3 Å². The summed E-state index contributed by atoms with van der Waals surface area (Å²) in [7, 11) is 0. The Morgan fingerprint density at radius 3 is 2.67 bits per heavy atom. The molecule has 5 nitrogen and oxygen atoms in total. The Hall–Kier alpha value is -1.30. The highest BCUT2D eigenvalue weighted by molar-refractivity contribution is 6.35. The van der Waals surface area contributed by atoms with Crippen molar-refractivity contribution < 1.29 is 14.3 Å². The maximum absolute atomic E-state index is 12.5. The Labute approximate surface area is 151 Å². The van der Waals surface area contributed by atoms with Gasteiger partial charge in [-0.1, -0.05) is 23.2 Å². The molecule has 0 saturated carbocycles. The summed E-state index contributed by atoms with van der Waals surface area (Å²) < 4.78 is 5.59. The Morgan fingerprint density at radius 1 is 1.33 bits per heavy atom. The van der Waals surface area contributed by atoms with E-state index in [0.29, 0.717) is 22.3 Å². The first-order valence-electron chi connectivity index (χ1n) is 8.12. The Balaban J connectivity index is 1.64. The van der Waals surface area contributed by atoms with Gasteiger partial charge in [0.25, 0.3) is 0 Å². The van der Waals surface area contributed by atoms with Gasteiger partial charge >= 0.3 is 0 Å². The molecule has 1 aromatic rings. The lowest BCUT2D eigenvalue weighted by molar-refractivity contribution is -0.127. The molecular weight excluding hydrogens is 351 g/mol. The third-order valence-electron chi connectivity index (χ3n) is 4.55. The highest BCUT2D eigenvalue weighted by atomic mass is 35.5. The Kier molecular flexibility index (Phi) is 5.33. The average Bonchev–Trinajstić information content (AvgIpc) is 3.15. The van der Waals surface area contributed by atoms with E-state index in [2.05, 4.69) is 5.32 Å². The lowest BCUT2D eigenvalue weighted by Gasteiger charge is -2.22. The highest BCUT2D eigenvalue weighted by Crippen LogP contribution is 2.30. The Bertz CT molecular complexity index is 626. The molecule has 0 spiro atoms. The van der Waals surface area contributed by atoms with Crippen LogP contribution in [0.15, 0.2) is 18.2 Å². The zero-order chi connectivity index (χ0) is 17.3. The molecule has 3 atom stereocenters. The van der Waals surface area contributed by atoms with Crippen molar-refractivity contribution in [1.82, 2.24) is 5.32 Å². The van der Waals surface area contributed by atoms with Gasteiger partial charge in [-0.3, -0.25) is 9.59 Å². The van der Waals surface area contributed by atoms with Crippen LogP contribution in [0.2, 0.25) is 10.0 Å². The highest BCUT2D eigenvalue weighted by Gasteiger charge is 2.36. The van der Waals surface area contributed by atoms with E-state index < -0.39 is 0 Å². The van der Waals surface area contributed by atoms with Crippen LogP contribution >= 0.6 is 23.2 Å². The molecule has 2 aliphatic rings. The molecule has 2 fully saturated rings. The summed E-state index contributed by atoms with van der Waals surface area (Å²) >= 11 is 12.0. The SMILES string of the molecule is C[C@H](NC(=O)[C@H]1CC(=O)N(c2cc(Cl)cc(Cl)c2)C1)[C@@H]1CCCO1. The molecule has 3 rings (SSSR count). The molecule has 0 aromatic heterocycles. The molecule has 1 N–H and O–H groups in total. The minimum absolute atomic E-state index is 0.0511. The fourth-order valence-corrected chi connectivity index (χ4v) is 3.77. The second-order valence-electron chi connectivity index (χ2n) is 6.38. The zero-order valence-electron chi connectivity index (χ0n) is 13.4. The van der Waals surface area contributed by atoms with Crippen LogP contribution in [0.5, 0.6) is 0 Å². The van der Waals surface area contributed by atoms with Crippen LogP contribution in [0.25, 0.3) is 0 Å². The van der Waals surface area contributed by atoms with Gasteiger partial charge in [0.05, 0.1) is 18.1 Å². The largest absolute Gasteiger partial charge is 0.376 e. The minimum Gasteiger partial charge on any atom is -0.376 e. The van der Waals surface area contributed by atoms with Gasteiger partial charge in [0.1, 0.15) is 0 Å². The number of hydrogen-bond donors (Lipinski definition) is 1. The maximum Gasteiger partial charge on any atom is 0.227 e. The van der Waals surface area contributed by atoms with Gasteiger partial charge in [-0.05, 0) is 38.0 Å². The van der Waals surface area contributed by atoms with E-state index in [1.807, 2.05) is 6.92 Å². The van der Waals surface area contributed by atoms with Crippen molar-refractivity contribution in [1.29, 1.82) is 0 Å². The van der Waals surface area contributed by atoms with E-state index in [0.717, 1.165) is 19.4 Å². The number of ether oxygens (including phenoxy) is 1. The average molecular weight is 371 g/mol. The minimum atomic E-state index is -0.376. The summed E-state index contributed by atoms with van der Waals surface area (Å²) in [6.07, 6.45) is 2.23. The number of carbonyl (C=O) groups excluding carboxylic acids is 2. The number of benzene rings is 1. The van der Waals surface area contributed by atoms with Crippen LogP contribution in [0.1, 0.15) is 26.2 Å². The molecule has 7 heteroatoms. The third kappa shape index (κ3) is 3.85. The molecule has 0 aliphatic carbocycles. The first-order chi connectivity index (χ1) is 11.4. The predicted octanol–water partition coefficient (Wildman–Crippen LogP) is 3.03. The molecule has 2 heterocycles. The third-order valence-corrected chi connectivity index (χ3v) is 4.98. The summed E-state index contributed by atoms with van der Waals surface area (Å²) in [4.78, 5) is 26.3. The number of amides is 2. The summed E-state index contributed by atoms with van der Waals surface area (Å²) in [5.74, 6) is -0.584. The monoisotopic (exact) mass is 370 g/mol. The smallest absolute Gasteiger partial charge is 0.227 e. The molecule has 2 amide bonds. The van der Waals surface area contributed by atoms with E-state index >= 15 is 0 Å². The summed E-state index contributed by atoms with van der Waals surface area (Å²) in [6, 6.07) is 4.92. The van der Waals surface area contributed by atoms with Gasteiger partial charge in [0.2, 0.25) is 11.8 Å². The molecule has 24 heavy (non-hydrogen) atoms. The van der Waals surface area contributed by atoms with Crippen molar-refractivity contribution in [3.8, 4) is 0 Å². The molecule has 2 saturated heterocycles. The molecule has 2 aliphatic heterocycles. The Morgan fingerprint density at radius 2 is 2.04 bits per heavy atom. The van der Waals surface area contributed by atoms with Crippen molar-refractivity contribution in [2.45, 2.75) is 38.3 Å². The van der Waals surface area contributed by atoms with Crippen molar-refractivity contribution in [3.63, 3.8) is 0 Å². The van der Waals surface area contributed by atoms with E-state index in [4.69, 9.17) is 27.9 Å². The molecule has 0 bridgehead atoms. The zero-order valence-corrected chi connectivity index (χ0v) is 14.9. The van der Waals surface area contributed by atoms with Crippen LogP contribution in [-0.4, -0.2) is 37.1 Å². The van der Waals surface area contributed by atoms with Crippen LogP contribution < -0.4 is 10.2 Å². The van der Waals surface area contributed by atoms with Crippen LogP contribution in [0, 0.1) is 5.92 Å². The second kappa shape index (κ2) is 7.30. The van der Waals surface area contributed by atoms with E-state index in [9.17, 15) is 9.59 Å². The quantitative estimate of drug-likeness (QED) is 0.885. The fraction of sp³-hybridized carbons (Fsp3) is 0.529. The molecule has 0 unspecified atom stereocenters. The number of carbonyl (C=O) groups is 2. The summed E-state index contributed by atoms with van der Waals surface area (Å²) in [5.41, 5.74) is 0.625. The molecule has 1 aromatic carbocycles. The van der Waals surface area contributed by atoms with Gasteiger partial charge in [-0.2, -0.15) is 0 Å². The van der Waals surface area contributed by atoms with Gasteiger partial charge in [-0.15, -0.1) is 0 Å². The van der Waals surface area contributed by atoms with Crippen LogP contribution in [0.3, 0.4) is 0 Å². The van der Waals surface area contributed by atoms with Gasteiger partial charge in [0.15, 0.2) is 0 Å². The van der Waals surface area contributed by atoms with E-state index in [1.165, 1.54) is 0 Å². The van der Waals surface area contributed by atoms with Crippen molar-refractivity contribution >= 4 is 40.7 Å². The van der Waals surface area contributed by atoms with E-state index in [-0.39, 0.29) is 36.3 Å². The van der Waals surface area contributed by atoms with Crippen molar-refractivity contribution in [2.24, 2.45) is 5.92 Å². The predicted molar refractivity (Wildman–Crippen MR) is 93.5 cm³/mol. The summed E-state index contributed by atoms with van der Waals surface area (Å²) in [5, 5.41) is 3.91. The number of nitrogens with one attached hydrogen (secondary N) is 1. The van der Waals surface area contributed by atoms with Gasteiger partial charge in [-0.25, -0.2) is 0 Å². The van der Waals surface area contributed by atoms with E-state index in [1.54, 1.807) is 23.1 Å². The molecule has 0 radical (unpaired) electrons. The number of anilines is 1.